The Morgan fingerprint density at radius 1 is 1.24 bits per heavy atom. The SMILES string of the molecule is CCOC(=O)C(C)(C)c1ccc(CC2CCNCC2)cc1. The third-order valence-corrected chi connectivity index (χ3v) is 4.44. The Labute approximate surface area is 128 Å². The van der Waals surface area contributed by atoms with E-state index in [4.69, 9.17) is 4.74 Å². The molecule has 116 valence electrons. The van der Waals surface area contributed by atoms with Gasteiger partial charge in [0.1, 0.15) is 0 Å². The first-order chi connectivity index (χ1) is 10.0. The summed E-state index contributed by atoms with van der Waals surface area (Å²) < 4.78 is 5.17. The number of hydrogen-bond acceptors (Lipinski definition) is 3. The van der Waals surface area contributed by atoms with Crippen molar-refractivity contribution >= 4 is 5.97 Å². The molecule has 21 heavy (non-hydrogen) atoms. The molecule has 1 saturated heterocycles. The van der Waals surface area contributed by atoms with Gasteiger partial charge in [-0.3, -0.25) is 4.79 Å². The Morgan fingerprint density at radius 3 is 2.43 bits per heavy atom. The first kappa shape index (κ1) is 16.0. The minimum atomic E-state index is -0.580. The van der Waals surface area contributed by atoms with Crippen LogP contribution in [0.15, 0.2) is 24.3 Å². The van der Waals surface area contributed by atoms with Crippen LogP contribution in [0.3, 0.4) is 0 Å². The van der Waals surface area contributed by atoms with Crippen LogP contribution in [0.5, 0.6) is 0 Å². The van der Waals surface area contributed by atoms with Gasteiger partial charge in [-0.05, 0) is 70.2 Å². The Morgan fingerprint density at radius 2 is 1.86 bits per heavy atom. The van der Waals surface area contributed by atoms with Crippen LogP contribution in [-0.2, 0) is 21.4 Å². The van der Waals surface area contributed by atoms with Crippen molar-refractivity contribution in [2.45, 2.75) is 45.4 Å². The van der Waals surface area contributed by atoms with Crippen LogP contribution in [0.25, 0.3) is 0 Å². The molecule has 0 amide bonds. The highest BCUT2D eigenvalue weighted by Gasteiger charge is 2.31. The normalized spacial score (nSPS) is 16.7. The maximum absolute atomic E-state index is 12.0. The summed E-state index contributed by atoms with van der Waals surface area (Å²) in [6.45, 7) is 8.39. The predicted octanol–water partition coefficient (Wildman–Crippen LogP) is 3.07. The third kappa shape index (κ3) is 4.07. The summed E-state index contributed by atoms with van der Waals surface area (Å²) in [7, 11) is 0. The molecule has 1 aliphatic heterocycles. The van der Waals surface area contributed by atoms with Gasteiger partial charge in [0.25, 0.3) is 0 Å². The van der Waals surface area contributed by atoms with Crippen LogP contribution in [-0.4, -0.2) is 25.7 Å². The number of carbonyl (C=O) groups is 1. The number of rotatable bonds is 5. The smallest absolute Gasteiger partial charge is 0.315 e. The topological polar surface area (TPSA) is 38.3 Å². The van der Waals surface area contributed by atoms with E-state index in [9.17, 15) is 4.79 Å². The van der Waals surface area contributed by atoms with Gasteiger partial charge >= 0.3 is 5.97 Å². The number of piperidine rings is 1. The number of hydrogen-bond donors (Lipinski definition) is 1. The molecule has 3 nitrogen and oxygen atoms in total. The molecule has 0 bridgehead atoms. The summed E-state index contributed by atoms with van der Waals surface area (Å²) in [5.41, 5.74) is 1.81. The first-order valence-corrected chi connectivity index (χ1v) is 8.01. The predicted molar refractivity (Wildman–Crippen MR) is 85.4 cm³/mol. The minimum Gasteiger partial charge on any atom is -0.465 e. The lowest BCUT2D eigenvalue weighted by Crippen LogP contribution is -2.31. The molecule has 0 aliphatic carbocycles. The lowest BCUT2D eigenvalue weighted by Gasteiger charge is -2.24. The zero-order valence-electron chi connectivity index (χ0n) is 13.4. The van der Waals surface area contributed by atoms with Gasteiger partial charge in [-0.25, -0.2) is 0 Å². The van der Waals surface area contributed by atoms with Gasteiger partial charge in [0.2, 0.25) is 0 Å². The highest BCUT2D eigenvalue weighted by Crippen LogP contribution is 2.26. The summed E-state index contributed by atoms with van der Waals surface area (Å²) >= 11 is 0. The van der Waals surface area contributed by atoms with Gasteiger partial charge in [-0.1, -0.05) is 24.3 Å². The summed E-state index contributed by atoms with van der Waals surface area (Å²) in [6.07, 6.45) is 3.66. The van der Waals surface area contributed by atoms with E-state index in [1.165, 1.54) is 18.4 Å². The van der Waals surface area contributed by atoms with Gasteiger partial charge in [0, 0.05) is 0 Å². The van der Waals surface area contributed by atoms with Gasteiger partial charge < -0.3 is 10.1 Å². The molecule has 2 rings (SSSR count). The number of nitrogens with one attached hydrogen (secondary N) is 1. The molecular formula is C18H27NO2. The standard InChI is InChI=1S/C18H27NO2/c1-4-21-17(20)18(2,3)16-7-5-14(6-8-16)13-15-9-11-19-12-10-15/h5-8,15,19H,4,9-13H2,1-3H3. The van der Waals surface area contributed by atoms with Crippen molar-refractivity contribution in [1.82, 2.24) is 5.32 Å². The Bertz CT molecular complexity index is 459. The van der Waals surface area contributed by atoms with Crippen molar-refractivity contribution < 1.29 is 9.53 Å². The minimum absolute atomic E-state index is 0.156. The molecule has 1 aromatic rings. The van der Waals surface area contributed by atoms with Crippen LogP contribution in [0, 0.1) is 5.92 Å². The van der Waals surface area contributed by atoms with Crippen molar-refractivity contribution in [1.29, 1.82) is 0 Å². The average molecular weight is 289 g/mol. The Balaban J connectivity index is 2.02. The van der Waals surface area contributed by atoms with Gasteiger partial charge in [-0.15, -0.1) is 0 Å². The fourth-order valence-corrected chi connectivity index (χ4v) is 2.91. The highest BCUT2D eigenvalue weighted by molar-refractivity contribution is 5.82. The molecule has 0 atom stereocenters. The maximum Gasteiger partial charge on any atom is 0.315 e. The molecule has 1 N–H and O–H groups in total. The summed E-state index contributed by atoms with van der Waals surface area (Å²) in [4.78, 5) is 12.0. The number of carbonyl (C=O) groups excluding carboxylic acids is 1. The fraction of sp³-hybridized carbons (Fsp3) is 0.611. The number of benzene rings is 1. The average Bonchev–Trinajstić information content (AvgIpc) is 2.49. The summed E-state index contributed by atoms with van der Waals surface area (Å²) in [5, 5.41) is 3.40. The highest BCUT2D eigenvalue weighted by atomic mass is 16.5. The van der Waals surface area contributed by atoms with E-state index in [0.717, 1.165) is 31.0 Å². The fourth-order valence-electron chi connectivity index (χ4n) is 2.91. The molecular weight excluding hydrogens is 262 g/mol. The van der Waals surface area contributed by atoms with E-state index < -0.39 is 5.41 Å². The van der Waals surface area contributed by atoms with Crippen LogP contribution < -0.4 is 5.32 Å². The molecule has 1 heterocycles. The maximum atomic E-state index is 12.0. The van der Waals surface area contributed by atoms with Gasteiger partial charge in [-0.2, -0.15) is 0 Å². The van der Waals surface area contributed by atoms with Crippen LogP contribution in [0.2, 0.25) is 0 Å². The van der Waals surface area contributed by atoms with E-state index in [-0.39, 0.29) is 5.97 Å². The molecule has 0 unspecified atom stereocenters. The monoisotopic (exact) mass is 289 g/mol. The molecule has 0 aromatic heterocycles. The second-order valence-electron chi connectivity index (χ2n) is 6.44. The first-order valence-electron chi connectivity index (χ1n) is 8.01. The van der Waals surface area contributed by atoms with Crippen molar-refractivity contribution in [2.75, 3.05) is 19.7 Å². The molecule has 1 aromatic carbocycles. The second-order valence-corrected chi connectivity index (χ2v) is 6.44. The van der Waals surface area contributed by atoms with E-state index >= 15 is 0 Å². The molecule has 3 heteroatoms. The zero-order chi connectivity index (χ0) is 15.3. The zero-order valence-corrected chi connectivity index (χ0v) is 13.4. The van der Waals surface area contributed by atoms with E-state index in [1.54, 1.807) is 0 Å². The summed E-state index contributed by atoms with van der Waals surface area (Å²) in [5.74, 6) is 0.631. The van der Waals surface area contributed by atoms with Gasteiger partial charge in [0.05, 0.1) is 12.0 Å². The second kappa shape index (κ2) is 7.08. The van der Waals surface area contributed by atoms with Crippen molar-refractivity contribution in [3.05, 3.63) is 35.4 Å². The van der Waals surface area contributed by atoms with E-state index in [0.29, 0.717) is 6.61 Å². The van der Waals surface area contributed by atoms with Crippen molar-refractivity contribution in [3.63, 3.8) is 0 Å². The van der Waals surface area contributed by atoms with E-state index in [2.05, 4.69) is 29.6 Å². The Kier molecular flexibility index (Phi) is 5.40. The van der Waals surface area contributed by atoms with Crippen LogP contribution >= 0.6 is 0 Å². The lowest BCUT2D eigenvalue weighted by atomic mass is 9.83. The molecule has 1 fully saturated rings. The number of ether oxygens (including phenoxy) is 1. The summed E-state index contributed by atoms with van der Waals surface area (Å²) in [6, 6.07) is 8.48. The van der Waals surface area contributed by atoms with Gasteiger partial charge in [0.15, 0.2) is 0 Å². The van der Waals surface area contributed by atoms with Crippen LogP contribution in [0.4, 0.5) is 0 Å². The number of esters is 1. The van der Waals surface area contributed by atoms with E-state index in [1.807, 2.05) is 20.8 Å². The molecule has 0 radical (unpaired) electrons. The quantitative estimate of drug-likeness (QED) is 0.847. The van der Waals surface area contributed by atoms with Crippen molar-refractivity contribution in [3.8, 4) is 0 Å². The Hall–Kier alpha value is -1.35. The lowest BCUT2D eigenvalue weighted by molar-refractivity contribution is -0.148. The molecule has 0 spiro atoms. The van der Waals surface area contributed by atoms with Crippen molar-refractivity contribution in [2.24, 2.45) is 5.92 Å². The molecule has 0 saturated carbocycles. The largest absolute Gasteiger partial charge is 0.465 e. The third-order valence-electron chi connectivity index (χ3n) is 4.44. The molecule has 1 aliphatic rings. The van der Waals surface area contributed by atoms with Crippen LogP contribution in [0.1, 0.15) is 44.7 Å².